The molecule has 0 bridgehead atoms. The normalized spacial score (nSPS) is 52.5. The van der Waals surface area contributed by atoms with Gasteiger partial charge in [0.1, 0.15) is 30.2 Å². The van der Waals surface area contributed by atoms with Crippen LogP contribution < -0.4 is 0 Å². The lowest BCUT2D eigenvalue weighted by Crippen LogP contribution is -2.66. The number of methoxy groups -OCH3 is 4. The van der Waals surface area contributed by atoms with E-state index in [0.29, 0.717) is 38.5 Å². The molecule has 8 rings (SSSR count). The van der Waals surface area contributed by atoms with Gasteiger partial charge in [-0.2, -0.15) is 0 Å². The summed E-state index contributed by atoms with van der Waals surface area (Å²) in [5.74, 6) is -0.143. The molecule has 0 aromatic carbocycles. The summed E-state index contributed by atoms with van der Waals surface area (Å²) in [6.45, 7) is 11.6. The van der Waals surface area contributed by atoms with E-state index in [2.05, 4.69) is 13.0 Å². The van der Waals surface area contributed by atoms with Crippen molar-refractivity contribution in [3.05, 3.63) is 11.6 Å². The fraction of sp³-hybridized carbons (Fsp3) is 0.938. The van der Waals surface area contributed by atoms with Crippen LogP contribution in [0.25, 0.3) is 0 Å². The van der Waals surface area contributed by atoms with E-state index in [0.717, 1.165) is 25.7 Å². The van der Waals surface area contributed by atoms with E-state index in [-0.39, 0.29) is 59.8 Å². The number of rotatable bonds is 13. The van der Waals surface area contributed by atoms with Crippen LogP contribution in [0.4, 0.5) is 0 Å². The van der Waals surface area contributed by atoms with Crippen molar-refractivity contribution in [3.63, 3.8) is 0 Å². The van der Waals surface area contributed by atoms with E-state index in [4.69, 9.17) is 56.8 Å². The first-order valence-corrected chi connectivity index (χ1v) is 24.2. The lowest BCUT2D eigenvalue weighted by Gasteiger charge is -2.62. The largest absolute Gasteiger partial charge is 0.392 e. The maximum Gasteiger partial charge on any atom is 0.186 e. The third kappa shape index (κ3) is 9.20. The number of ether oxygens (including phenoxy) is 12. The zero-order chi connectivity index (χ0) is 46.7. The van der Waals surface area contributed by atoms with Gasteiger partial charge >= 0.3 is 0 Å². The molecule has 24 atom stereocenters. The molecule has 0 aromatic heterocycles. The van der Waals surface area contributed by atoms with Crippen LogP contribution in [0.5, 0.6) is 0 Å². The van der Waals surface area contributed by atoms with Crippen molar-refractivity contribution in [2.24, 2.45) is 28.6 Å². The highest BCUT2D eigenvalue weighted by molar-refractivity contribution is 5.80. The van der Waals surface area contributed by atoms with Crippen molar-refractivity contribution >= 4 is 5.78 Å². The van der Waals surface area contributed by atoms with Crippen LogP contribution >= 0.6 is 0 Å². The molecule has 0 spiro atoms. The Bertz CT molecular complexity index is 1670. The van der Waals surface area contributed by atoms with Crippen molar-refractivity contribution < 1.29 is 82.1 Å². The van der Waals surface area contributed by atoms with Gasteiger partial charge in [0.15, 0.2) is 31.5 Å². The molecule has 0 radical (unpaired) electrons. The second-order valence-electron chi connectivity index (χ2n) is 20.9. The number of ketones is 1. The number of aliphatic hydroxyl groups is 4. The number of carbonyl (C=O) groups is 1. The molecule has 65 heavy (non-hydrogen) atoms. The lowest BCUT2D eigenvalue weighted by molar-refractivity contribution is -0.357. The summed E-state index contributed by atoms with van der Waals surface area (Å²) in [6.07, 6.45) is -1.84. The average Bonchev–Trinajstić information content (AvgIpc) is 3.56. The first-order valence-electron chi connectivity index (χ1n) is 24.2. The monoisotopic (exact) mass is 927 g/mol. The zero-order valence-corrected chi connectivity index (χ0v) is 40.1. The maximum absolute atomic E-state index is 12.7. The number of Topliss-reactive ketones (excluding diaryl/α,β-unsaturated/α-hetero) is 1. The van der Waals surface area contributed by atoms with Crippen molar-refractivity contribution in [1.82, 2.24) is 0 Å². The molecule has 7 fully saturated rings. The molecule has 3 saturated carbocycles. The first kappa shape index (κ1) is 50.2. The first-order chi connectivity index (χ1) is 30.9. The van der Waals surface area contributed by atoms with Gasteiger partial charge in [0, 0.05) is 65.5 Å². The highest BCUT2D eigenvalue weighted by Crippen LogP contribution is 2.68. The summed E-state index contributed by atoms with van der Waals surface area (Å²) in [7, 11) is 6.38. The Morgan fingerprint density at radius 2 is 1.12 bits per heavy atom. The Labute approximate surface area is 384 Å². The third-order valence-corrected chi connectivity index (χ3v) is 17.6. The number of hydrogen-bond donors (Lipinski definition) is 4. The van der Waals surface area contributed by atoms with Gasteiger partial charge in [-0.05, 0) is 89.9 Å². The summed E-state index contributed by atoms with van der Waals surface area (Å²) >= 11 is 0. The summed E-state index contributed by atoms with van der Waals surface area (Å²) < 4.78 is 74.2. The Kier molecular flexibility index (Phi) is 15.3. The van der Waals surface area contributed by atoms with Gasteiger partial charge in [-0.3, -0.25) is 4.79 Å². The Morgan fingerprint density at radius 1 is 0.646 bits per heavy atom. The molecule has 4 N–H and O–H groups in total. The van der Waals surface area contributed by atoms with Crippen molar-refractivity contribution in [3.8, 4) is 0 Å². The topological polar surface area (TPSA) is 209 Å². The smallest absolute Gasteiger partial charge is 0.186 e. The SMILES string of the molecule is CO[C@H]1C[C@H](O[C@H]2[C@@H](OC)C[C@@H](O[C@H]3CC[C@@]4(C)C(=CCC5C4C[C@@H](O)[C@]4(C)[C@@H](C(C)=O)CC[C@]54O)C3)O[C@@H]2C)O[C@H](C)[C@H]1O[C@H]1C[C@H](OC)[C@H](O[C@H]2C[C@@H](OC)[C@H](O)[C@@H](O)O2)[C@@H](C)O1. The van der Waals surface area contributed by atoms with E-state index < -0.39 is 97.4 Å². The molecule has 372 valence electrons. The third-order valence-electron chi connectivity index (χ3n) is 17.6. The predicted molar refractivity (Wildman–Crippen MR) is 230 cm³/mol. The van der Waals surface area contributed by atoms with Gasteiger partial charge in [0.25, 0.3) is 0 Å². The minimum absolute atomic E-state index is 0.00198. The number of hydrogen-bond acceptors (Lipinski definition) is 17. The second-order valence-corrected chi connectivity index (χ2v) is 20.9. The molecule has 2 unspecified atom stereocenters. The average molecular weight is 927 g/mol. The van der Waals surface area contributed by atoms with Crippen LogP contribution in [0.3, 0.4) is 0 Å². The quantitative estimate of drug-likeness (QED) is 0.194. The minimum Gasteiger partial charge on any atom is -0.392 e. The van der Waals surface area contributed by atoms with Gasteiger partial charge in [-0.1, -0.05) is 25.5 Å². The second kappa shape index (κ2) is 19.9. The fourth-order valence-electron chi connectivity index (χ4n) is 13.8. The van der Waals surface area contributed by atoms with Crippen LogP contribution in [0, 0.1) is 28.6 Å². The van der Waals surface area contributed by atoms with E-state index in [1.54, 1.807) is 28.3 Å². The van der Waals surface area contributed by atoms with Crippen LogP contribution in [0.1, 0.15) is 112 Å². The highest BCUT2D eigenvalue weighted by Gasteiger charge is 2.70. The number of carbonyl (C=O) groups excluding carboxylic acids is 1. The summed E-state index contributed by atoms with van der Waals surface area (Å²) in [5, 5.41) is 44.5. The molecular weight excluding hydrogens is 849 g/mol. The van der Waals surface area contributed by atoms with Gasteiger partial charge in [-0.15, -0.1) is 0 Å². The zero-order valence-electron chi connectivity index (χ0n) is 40.1. The molecule has 4 saturated heterocycles. The van der Waals surface area contributed by atoms with Crippen LogP contribution in [-0.2, 0) is 61.6 Å². The predicted octanol–water partition coefficient (Wildman–Crippen LogP) is 3.67. The van der Waals surface area contributed by atoms with Crippen molar-refractivity contribution in [2.75, 3.05) is 28.4 Å². The fourth-order valence-corrected chi connectivity index (χ4v) is 13.8. The molecule has 4 aliphatic heterocycles. The minimum atomic E-state index is -1.45. The molecule has 4 heterocycles. The summed E-state index contributed by atoms with van der Waals surface area (Å²) in [5.41, 5.74) is -0.750. The molecular formula is C48H78O17. The van der Waals surface area contributed by atoms with E-state index in [1.807, 2.05) is 27.7 Å². The maximum atomic E-state index is 12.7. The standard InChI is InChI=1S/C48H78O17/c1-23(49)29-14-16-48(53)30-12-11-27-17-28(13-15-46(27,5)31(30)18-36(50)47(29,48)6)61-37-20-33(55-8)42(24(2)58-37)62-38-21-34(56-9)43(25(3)59-38)63-39-22-35(57-10)44(26(4)60-39)64-40-19-32(54-7)41(51)45(52)65-40/h11,24-26,28-45,50-53H,12-22H2,1-10H3/t24-,25-,26-,28+,29-,30?,31?,32-,33+,34+,35+,36-,37-,38+,39+,40-,41+,42-,43-,44-,45+,46+,47+,48+/m1/s1. The summed E-state index contributed by atoms with van der Waals surface area (Å²) in [4.78, 5) is 12.7. The molecule has 4 aliphatic carbocycles. The number of fused-ring (bicyclic) bond motifs is 5. The molecule has 0 amide bonds. The molecule has 17 nitrogen and oxygen atoms in total. The van der Waals surface area contributed by atoms with Crippen molar-refractivity contribution in [2.45, 2.75) is 229 Å². The van der Waals surface area contributed by atoms with E-state index in [1.165, 1.54) is 12.7 Å². The van der Waals surface area contributed by atoms with E-state index in [9.17, 15) is 25.2 Å². The molecule has 8 aliphatic rings. The Morgan fingerprint density at radius 3 is 1.62 bits per heavy atom. The number of allylic oxidation sites excluding steroid dienone is 1. The van der Waals surface area contributed by atoms with Crippen molar-refractivity contribution in [1.29, 1.82) is 0 Å². The number of aliphatic hydroxyl groups excluding tert-OH is 3. The highest BCUT2D eigenvalue weighted by atomic mass is 16.8. The molecule has 0 aromatic rings. The Balaban J connectivity index is 0.834. The van der Waals surface area contributed by atoms with E-state index >= 15 is 0 Å². The van der Waals surface area contributed by atoms with Crippen LogP contribution in [0.2, 0.25) is 0 Å². The Hall–Kier alpha value is -1.23. The van der Waals surface area contributed by atoms with Gasteiger partial charge in [0.05, 0.1) is 60.5 Å². The van der Waals surface area contributed by atoms with Gasteiger partial charge in [-0.25, -0.2) is 0 Å². The lowest BCUT2D eigenvalue weighted by atomic mass is 9.45. The van der Waals surface area contributed by atoms with Gasteiger partial charge < -0.3 is 77.3 Å². The van der Waals surface area contributed by atoms with Crippen LogP contribution in [-0.4, -0.2) is 171 Å². The molecule has 17 heteroatoms. The van der Waals surface area contributed by atoms with Crippen LogP contribution in [0.15, 0.2) is 11.6 Å². The summed E-state index contributed by atoms with van der Waals surface area (Å²) in [6, 6.07) is 0. The van der Waals surface area contributed by atoms with Gasteiger partial charge in [0.2, 0.25) is 0 Å².